The van der Waals surface area contributed by atoms with Gasteiger partial charge in [-0.15, -0.1) is 0 Å². The lowest BCUT2D eigenvalue weighted by Crippen LogP contribution is -2.27. The molecule has 0 fully saturated rings. The van der Waals surface area contributed by atoms with E-state index in [-0.39, 0.29) is 17.9 Å². The Hall–Kier alpha value is -1.56. The van der Waals surface area contributed by atoms with Gasteiger partial charge in [-0.3, -0.25) is 0 Å². The topological polar surface area (TPSA) is 61.8 Å². The van der Waals surface area contributed by atoms with Crippen LogP contribution in [-0.4, -0.2) is 45.1 Å². The van der Waals surface area contributed by atoms with E-state index >= 15 is 0 Å². The van der Waals surface area contributed by atoms with E-state index in [2.05, 4.69) is 65.8 Å². The SMILES string of the molecule is C[C@H](CCC[C@H](C)CCC[C@H](C)C=O)CCC[C@@H](C)CCOC[C@@H](COCc1ccccc1)OCC[C@H](C)CCC[C@H](C)CCC[C@H](C)CCC[C@H](C)C=O. The van der Waals surface area contributed by atoms with Gasteiger partial charge in [0.05, 0.1) is 19.8 Å². The zero-order chi connectivity index (χ0) is 40.5. The molecule has 0 heterocycles. The van der Waals surface area contributed by atoms with Crippen molar-refractivity contribution < 1.29 is 23.8 Å². The molecule has 1 rings (SSSR count). The van der Waals surface area contributed by atoms with E-state index in [1.54, 1.807) is 0 Å². The van der Waals surface area contributed by atoms with Gasteiger partial charge >= 0.3 is 0 Å². The Labute approximate surface area is 341 Å². The van der Waals surface area contributed by atoms with Crippen molar-refractivity contribution in [3.63, 3.8) is 0 Å². The Kier molecular flexibility index (Phi) is 32.3. The molecule has 55 heavy (non-hydrogen) atoms. The Morgan fingerprint density at radius 3 is 1.18 bits per heavy atom. The Bertz CT molecular complexity index is 999. The fourth-order valence-corrected chi connectivity index (χ4v) is 7.80. The summed E-state index contributed by atoms with van der Waals surface area (Å²) >= 11 is 0. The van der Waals surface area contributed by atoms with Gasteiger partial charge in [-0.25, -0.2) is 0 Å². The summed E-state index contributed by atoms with van der Waals surface area (Å²) in [6.07, 6.45) is 27.1. The lowest BCUT2D eigenvalue weighted by atomic mass is 9.91. The zero-order valence-electron chi connectivity index (χ0n) is 37.5. The lowest BCUT2D eigenvalue weighted by Gasteiger charge is -2.21. The number of benzene rings is 1. The second-order valence-electron chi connectivity index (χ2n) is 18.6. The molecule has 0 amide bonds. The van der Waals surface area contributed by atoms with Gasteiger partial charge in [0.15, 0.2) is 0 Å². The molecule has 320 valence electrons. The maximum Gasteiger partial charge on any atom is 0.122 e. The largest absolute Gasteiger partial charge is 0.379 e. The van der Waals surface area contributed by atoms with Crippen LogP contribution in [0.4, 0.5) is 0 Å². The van der Waals surface area contributed by atoms with Crippen LogP contribution in [-0.2, 0) is 30.4 Å². The summed E-state index contributed by atoms with van der Waals surface area (Å²) in [5, 5.41) is 0. The molecule has 0 unspecified atom stereocenters. The van der Waals surface area contributed by atoms with Crippen LogP contribution in [0.5, 0.6) is 0 Å². The molecule has 0 aliphatic carbocycles. The van der Waals surface area contributed by atoms with Gasteiger partial charge in [-0.1, -0.05) is 188 Å². The molecule has 0 aliphatic rings. The quantitative estimate of drug-likeness (QED) is 0.0493. The summed E-state index contributed by atoms with van der Waals surface area (Å²) in [6.45, 7) is 21.7. The normalized spacial score (nSPS) is 16.8. The van der Waals surface area contributed by atoms with Crippen molar-refractivity contribution in [1.29, 1.82) is 0 Å². The lowest BCUT2D eigenvalue weighted by molar-refractivity contribution is -0.111. The number of aldehydes is 2. The van der Waals surface area contributed by atoms with Gasteiger partial charge in [0.25, 0.3) is 0 Å². The Balaban J connectivity index is 2.26. The molecule has 0 radical (unpaired) electrons. The molecule has 0 aliphatic heterocycles. The highest BCUT2D eigenvalue weighted by atomic mass is 16.6. The van der Waals surface area contributed by atoms with Gasteiger partial charge in [0, 0.05) is 25.0 Å². The molecule has 0 saturated heterocycles. The molecular formula is C50H90O5. The molecule has 9 atom stereocenters. The number of hydrogen-bond donors (Lipinski definition) is 0. The van der Waals surface area contributed by atoms with Crippen LogP contribution >= 0.6 is 0 Å². The molecule has 0 saturated carbocycles. The van der Waals surface area contributed by atoms with Crippen LogP contribution in [0.1, 0.15) is 189 Å². The second-order valence-corrected chi connectivity index (χ2v) is 18.6. The minimum absolute atomic E-state index is 0.0365. The van der Waals surface area contributed by atoms with Crippen molar-refractivity contribution in [2.75, 3.05) is 26.4 Å². The van der Waals surface area contributed by atoms with Crippen molar-refractivity contribution in [2.45, 2.75) is 197 Å². The second kappa shape index (κ2) is 34.5. The van der Waals surface area contributed by atoms with Gasteiger partial charge < -0.3 is 23.8 Å². The summed E-state index contributed by atoms with van der Waals surface area (Å²) in [4.78, 5) is 21.7. The molecule has 0 bridgehead atoms. The van der Waals surface area contributed by atoms with Crippen LogP contribution in [0.2, 0.25) is 0 Å². The first-order valence-electron chi connectivity index (χ1n) is 23.2. The van der Waals surface area contributed by atoms with Gasteiger partial charge in [0.1, 0.15) is 18.7 Å². The first-order chi connectivity index (χ1) is 26.5. The molecular weight excluding hydrogens is 681 g/mol. The van der Waals surface area contributed by atoms with E-state index in [9.17, 15) is 9.59 Å². The van der Waals surface area contributed by atoms with E-state index < -0.39 is 0 Å². The van der Waals surface area contributed by atoms with Crippen molar-refractivity contribution in [2.24, 2.45) is 47.3 Å². The number of carbonyl (C=O) groups is 2. The third kappa shape index (κ3) is 31.2. The van der Waals surface area contributed by atoms with E-state index in [4.69, 9.17) is 14.2 Å². The van der Waals surface area contributed by atoms with Crippen molar-refractivity contribution in [3.8, 4) is 0 Å². The fourth-order valence-electron chi connectivity index (χ4n) is 7.80. The van der Waals surface area contributed by atoms with E-state index in [1.807, 2.05) is 19.9 Å². The summed E-state index contributed by atoms with van der Waals surface area (Å²) < 4.78 is 18.7. The Morgan fingerprint density at radius 1 is 0.436 bits per heavy atom. The van der Waals surface area contributed by atoms with E-state index in [1.165, 1.54) is 108 Å². The number of ether oxygens (including phenoxy) is 3. The van der Waals surface area contributed by atoms with Crippen LogP contribution in [0.3, 0.4) is 0 Å². The highest BCUT2D eigenvalue weighted by molar-refractivity contribution is 5.52. The van der Waals surface area contributed by atoms with Crippen LogP contribution in [0.15, 0.2) is 30.3 Å². The summed E-state index contributed by atoms with van der Waals surface area (Å²) in [6, 6.07) is 10.4. The minimum Gasteiger partial charge on any atom is -0.379 e. The van der Waals surface area contributed by atoms with Crippen LogP contribution < -0.4 is 0 Å². The third-order valence-electron chi connectivity index (χ3n) is 12.2. The standard InChI is InChI=1S/C50H90O5/c1-41(18-12-20-43(3)24-16-28-47(7)36-51)22-14-26-45(5)32-34-53-39-50(40-54-38-49-30-10-9-11-31-49)55-35-33-46(6)27-15-23-42(2)19-13-21-44(4)25-17-29-48(8)37-52/h9-11,30-31,36-37,41-48,50H,12-29,32-35,38-40H2,1-8H3/t41-,42-,43+,44+,45-,46-,47+,48+,50+/m1/s1. The summed E-state index contributed by atoms with van der Waals surface area (Å²) in [7, 11) is 0. The summed E-state index contributed by atoms with van der Waals surface area (Å²) in [5.74, 6) is 4.91. The average molecular weight is 771 g/mol. The minimum atomic E-state index is -0.0365. The Morgan fingerprint density at radius 2 is 0.782 bits per heavy atom. The molecule has 0 spiro atoms. The molecule has 1 aromatic rings. The number of hydrogen-bond acceptors (Lipinski definition) is 5. The van der Waals surface area contributed by atoms with E-state index in [0.717, 1.165) is 75.1 Å². The van der Waals surface area contributed by atoms with Crippen molar-refractivity contribution in [1.82, 2.24) is 0 Å². The maximum absolute atomic E-state index is 10.8. The monoisotopic (exact) mass is 771 g/mol. The average Bonchev–Trinajstić information content (AvgIpc) is 3.16. The predicted molar refractivity (Wildman–Crippen MR) is 234 cm³/mol. The van der Waals surface area contributed by atoms with Crippen LogP contribution in [0, 0.1) is 47.3 Å². The van der Waals surface area contributed by atoms with Gasteiger partial charge in [-0.05, 0) is 66.8 Å². The van der Waals surface area contributed by atoms with Gasteiger partial charge in [0.2, 0.25) is 0 Å². The van der Waals surface area contributed by atoms with E-state index in [0.29, 0.717) is 31.7 Å². The molecule has 5 nitrogen and oxygen atoms in total. The molecule has 0 N–H and O–H groups in total. The first kappa shape index (κ1) is 51.5. The molecule has 5 heteroatoms. The highest BCUT2D eigenvalue weighted by Gasteiger charge is 2.14. The first-order valence-corrected chi connectivity index (χ1v) is 23.2. The molecule has 1 aromatic carbocycles. The summed E-state index contributed by atoms with van der Waals surface area (Å²) in [5.41, 5.74) is 1.19. The van der Waals surface area contributed by atoms with Gasteiger partial charge in [-0.2, -0.15) is 0 Å². The van der Waals surface area contributed by atoms with Crippen molar-refractivity contribution in [3.05, 3.63) is 35.9 Å². The van der Waals surface area contributed by atoms with Crippen molar-refractivity contribution >= 4 is 12.6 Å². The molecule has 0 aromatic heterocycles. The van der Waals surface area contributed by atoms with Crippen LogP contribution in [0.25, 0.3) is 0 Å². The zero-order valence-corrected chi connectivity index (χ0v) is 37.5. The smallest absolute Gasteiger partial charge is 0.122 e. The number of rotatable bonds is 39. The number of carbonyl (C=O) groups excluding carboxylic acids is 2. The predicted octanol–water partition coefficient (Wildman–Crippen LogP) is 13.9. The highest BCUT2D eigenvalue weighted by Crippen LogP contribution is 2.24. The fraction of sp³-hybridized carbons (Fsp3) is 0.840. The maximum atomic E-state index is 10.8. The third-order valence-corrected chi connectivity index (χ3v) is 12.2.